The monoisotopic (exact) mass is 406 g/mol. The fraction of sp³-hybridized carbons (Fsp3) is 0.400. The fourth-order valence-electron chi connectivity index (χ4n) is 3.21. The molecule has 1 aromatic heterocycles. The highest BCUT2D eigenvalue weighted by atomic mass is 35.5. The average molecular weight is 407 g/mol. The second-order valence-electron chi connectivity index (χ2n) is 6.57. The Hall–Kier alpha value is -2.05. The second kappa shape index (κ2) is 9.24. The molecule has 5 nitrogen and oxygen atoms in total. The maximum absolute atomic E-state index is 12.8. The minimum Gasteiger partial charge on any atom is -0.492 e. The van der Waals surface area contributed by atoms with E-state index in [9.17, 15) is 9.59 Å². The summed E-state index contributed by atoms with van der Waals surface area (Å²) >= 11 is 7.51. The molecule has 7 heteroatoms. The van der Waals surface area contributed by atoms with Crippen LogP contribution in [0.3, 0.4) is 0 Å². The van der Waals surface area contributed by atoms with Crippen LogP contribution < -0.4 is 4.74 Å². The highest BCUT2D eigenvalue weighted by Gasteiger charge is 2.35. The lowest BCUT2D eigenvalue weighted by Crippen LogP contribution is -2.47. The molecule has 1 aliphatic heterocycles. The molecule has 1 aromatic carbocycles. The van der Waals surface area contributed by atoms with Crippen LogP contribution in [-0.4, -0.2) is 54.4 Å². The maximum Gasteiger partial charge on any atom is 0.245 e. The van der Waals surface area contributed by atoms with Crippen molar-refractivity contribution >= 4 is 34.8 Å². The predicted octanol–water partition coefficient (Wildman–Crippen LogP) is 3.47. The summed E-state index contributed by atoms with van der Waals surface area (Å²) in [6.45, 7) is 1.47. The smallest absolute Gasteiger partial charge is 0.245 e. The number of amides is 2. The Labute approximate surface area is 168 Å². The first-order valence-electron chi connectivity index (χ1n) is 9.00. The van der Waals surface area contributed by atoms with Gasteiger partial charge in [0.1, 0.15) is 18.4 Å². The van der Waals surface area contributed by atoms with Crippen LogP contribution in [0.5, 0.6) is 5.75 Å². The number of likely N-dealkylation sites (tertiary alicyclic amines) is 1. The van der Waals surface area contributed by atoms with Gasteiger partial charge in [-0.15, -0.1) is 11.3 Å². The van der Waals surface area contributed by atoms with Crippen molar-refractivity contribution in [3.8, 4) is 5.75 Å². The molecular formula is C20H23ClN2O3S. The maximum atomic E-state index is 12.8. The molecule has 2 amide bonds. The van der Waals surface area contributed by atoms with E-state index in [-0.39, 0.29) is 17.9 Å². The van der Waals surface area contributed by atoms with Gasteiger partial charge in [0.05, 0.1) is 13.0 Å². The first kappa shape index (κ1) is 19.7. The number of carbonyl (C=O) groups excluding carboxylic acids is 2. The lowest BCUT2D eigenvalue weighted by atomic mass is 10.2. The zero-order valence-corrected chi connectivity index (χ0v) is 16.8. The Morgan fingerprint density at radius 2 is 2.19 bits per heavy atom. The largest absolute Gasteiger partial charge is 0.492 e. The summed E-state index contributed by atoms with van der Waals surface area (Å²) in [7, 11) is 1.75. The van der Waals surface area contributed by atoms with Gasteiger partial charge in [-0.25, -0.2) is 0 Å². The number of benzene rings is 1. The van der Waals surface area contributed by atoms with Crippen LogP contribution in [0.25, 0.3) is 0 Å². The van der Waals surface area contributed by atoms with Gasteiger partial charge in [-0.2, -0.15) is 0 Å². The van der Waals surface area contributed by atoms with Gasteiger partial charge in [0, 0.05) is 23.5 Å². The van der Waals surface area contributed by atoms with Gasteiger partial charge in [0.25, 0.3) is 0 Å². The van der Waals surface area contributed by atoms with Gasteiger partial charge in [-0.1, -0.05) is 23.7 Å². The van der Waals surface area contributed by atoms with Crippen LogP contribution in [0.4, 0.5) is 0 Å². The van der Waals surface area contributed by atoms with Crippen LogP contribution in [0.1, 0.15) is 17.7 Å². The number of thiophene rings is 1. The Morgan fingerprint density at radius 3 is 2.93 bits per heavy atom. The van der Waals surface area contributed by atoms with Crippen molar-refractivity contribution in [2.24, 2.45) is 0 Å². The van der Waals surface area contributed by atoms with Gasteiger partial charge < -0.3 is 14.5 Å². The van der Waals surface area contributed by atoms with E-state index in [4.69, 9.17) is 16.3 Å². The van der Waals surface area contributed by atoms with E-state index in [2.05, 4.69) is 0 Å². The predicted molar refractivity (Wildman–Crippen MR) is 107 cm³/mol. The summed E-state index contributed by atoms with van der Waals surface area (Å²) in [5.41, 5.74) is 0. The number of rotatable bonds is 7. The van der Waals surface area contributed by atoms with E-state index in [0.717, 1.165) is 11.3 Å². The lowest BCUT2D eigenvalue weighted by molar-refractivity contribution is -0.142. The zero-order valence-electron chi connectivity index (χ0n) is 15.3. The Balaban J connectivity index is 1.51. The highest BCUT2D eigenvalue weighted by molar-refractivity contribution is 7.10. The minimum absolute atomic E-state index is 0.0249. The highest BCUT2D eigenvalue weighted by Crippen LogP contribution is 2.22. The van der Waals surface area contributed by atoms with E-state index in [0.29, 0.717) is 43.3 Å². The van der Waals surface area contributed by atoms with E-state index < -0.39 is 0 Å². The Bertz CT molecular complexity index is 781. The summed E-state index contributed by atoms with van der Waals surface area (Å²) in [5.74, 6) is 0.676. The molecule has 2 heterocycles. The van der Waals surface area contributed by atoms with E-state index in [1.165, 1.54) is 0 Å². The molecule has 0 spiro atoms. The first-order chi connectivity index (χ1) is 13.0. The summed E-state index contributed by atoms with van der Waals surface area (Å²) in [4.78, 5) is 29.8. The van der Waals surface area contributed by atoms with Gasteiger partial charge in [0.15, 0.2) is 0 Å². The molecule has 0 aliphatic carbocycles. The average Bonchev–Trinajstić information content (AvgIpc) is 3.32. The number of carbonyl (C=O) groups is 2. The van der Waals surface area contributed by atoms with Gasteiger partial charge in [-0.05, 0) is 42.5 Å². The topological polar surface area (TPSA) is 49.9 Å². The van der Waals surface area contributed by atoms with Crippen molar-refractivity contribution in [1.29, 1.82) is 0 Å². The van der Waals surface area contributed by atoms with E-state index in [1.807, 2.05) is 29.6 Å². The third-order valence-corrected chi connectivity index (χ3v) is 5.74. The van der Waals surface area contributed by atoms with Crippen LogP contribution in [0.15, 0.2) is 41.8 Å². The molecular weight excluding hydrogens is 384 g/mol. The second-order valence-corrected chi connectivity index (χ2v) is 8.04. The molecule has 144 valence electrons. The molecule has 1 fully saturated rings. The number of ether oxygens (including phenoxy) is 1. The quantitative estimate of drug-likeness (QED) is 0.707. The van der Waals surface area contributed by atoms with E-state index in [1.54, 1.807) is 40.3 Å². The molecule has 0 bridgehead atoms. The summed E-state index contributed by atoms with van der Waals surface area (Å²) in [6, 6.07) is 10.7. The Morgan fingerprint density at radius 1 is 1.33 bits per heavy atom. The summed E-state index contributed by atoms with van der Waals surface area (Å²) in [6.07, 6.45) is 1.94. The van der Waals surface area contributed by atoms with Gasteiger partial charge in [0.2, 0.25) is 11.8 Å². The molecule has 1 unspecified atom stereocenters. The van der Waals surface area contributed by atoms with Gasteiger partial charge in [-0.3, -0.25) is 9.59 Å². The minimum atomic E-state index is -0.367. The SMILES string of the molecule is CN(CCOc1cccc(Cl)c1)C(=O)C1CCCN1C(=O)Cc1cccs1. The fourth-order valence-corrected chi connectivity index (χ4v) is 4.08. The molecule has 1 aliphatic rings. The molecule has 0 saturated carbocycles. The molecule has 1 saturated heterocycles. The van der Waals surface area contributed by atoms with E-state index >= 15 is 0 Å². The van der Waals surface area contributed by atoms with Crippen molar-refractivity contribution < 1.29 is 14.3 Å². The number of halogens is 1. The number of likely N-dealkylation sites (N-methyl/N-ethyl adjacent to an activating group) is 1. The molecule has 27 heavy (non-hydrogen) atoms. The van der Waals surface area contributed by atoms with Crippen molar-refractivity contribution in [3.63, 3.8) is 0 Å². The molecule has 3 rings (SSSR count). The lowest BCUT2D eigenvalue weighted by Gasteiger charge is -2.28. The third kappa shape index (κ3) is 5.23. The molecule has 0 N–H and O–H groups in total. The number of nitrogens with zero attached hydrogens (tertiary/aromatic N) is 2. The Kier molecular flexibility index (Phi) is 6.74. The van der Waals surface area contributed by atoms with Crippen LogP contribution in [0.2, 0.25) is 5.02 Å². The molecule has 0 radical (unpaired) electrons. The van der Waals surface area contributed by atoms with Crippen molar-refractivity contribution in [1.82, 2.24) is 9.80 Å². The van der Waals surface area contributed by atoms with Crippen LogP contribution in [-0.2, 0) is 16.0 Å². The van der Waals surface area contributed by atoms with Gasteiger partial charge >= 0.3 is 0 Å². The third-order valence-electron chi connectivity index (χ3n) is 4.63. The first-order valence-corrected chi connectivity index (χ1v) is 10.3. The summed E-state index contributed by atoms with van der Waals surface area (Å²) in [5, 5.41) is 2.57. The van der Waals surface area contributed by atoms with Crippen molar-refractivity contribution in [2.45, 2.75) is 25.3 Å². The number of hydrogen-bond acceptors (Lipinski definition) is 4. The normalized spacial score (nSPS) is 16.4. The molecule has 1 atom stereocenters. The standard InChI is InChI=1S/C20H23ClN2O3S/c1-22(10-11-26-16-6-2-5-15(21)13-16)20(25)18-8-3-9-23(18)19(24)14-17-7-4-12-27-17/h2,4-7,12-13,18H,3,8-11,14H2,1H3. The van der Waals surface area contributed by atoms with Crippen LogP contribution in [0, 0.1) is 0 Å². The summed E-state index contributed by atoms with van der Waals surface area (Å²) < 4.78 is 5.66. The number of hydrogen-bond donors (Lipinski definition) is 0. The zero-order chi connectivity index (χ0) is 19.2. The van der Waals surface area contributed by atoms with Crippen molar-refractivity contribution in [3.05, 3.63) is 51.7 Å². The molecule has 2 aromatic rings. The van der Waals surface area contributed by atoms with Crippen molar-refractivity contribution in [2.75, 3.05) is 26.7 Å². The van der Waals surface area contributed by atoms with Crippen LogP contribution >= 0.6 is 22.9 Å².